The summed E-state index contributed by atoms with van der Waals surface area (Å²) in [5.74, 6) is -0.0115. The van der Waals surface area contributed by atoms with Crippen LogP contribution in [0.25, 0.3) is 0 Å². The van der Waals surface area contributed by atoms with Crippen molar-refractivity contribution >= 4 is 15.7 Å². The highest BCUT2D eigenvalue weighted by Crippen LogP contribution is 2.34. The number of aromatic amines is 1. The molecule has 0 spiro atoms. The zero-order valence-electron chi connectivity index (χ0n) is 18.2. The van der Waals surface area contributed by atoms with Crippen molar-refractivity contribution in [1.29, 1.82) is 0 Å². The minimum Gasteiger partial charge on any atom is -0.376 e. The maximum atomic E-state index is 13.8. The lowest BCUT2D eigenvalue weighted by Crippen LogP contribution is -2.49. The van der Waals surface area contributed by atoms with Gasteiger partial charge in [-0.3, -0.25) is 4.79 Å². The van der Waals surface area contributed by atoms with E-state index in [0.717, 1.165) is 38.1 Å². The largest absolute Gasteiger partial charge is 0.376 e. The first-order valence-corrected chi connectivity index (χ1v) is 13.0. The van der Waals surface area contributed by atoms with Crippen molar-refractivity contribution in [3.63, 3.8) is 0 Å². The number of ether oxygens (including phenoxy) is 1. The summed E-state index contributed by atoms with van der Waals surface area (Å²) in [7, 11) is -3.44. The Bertz CT molecular complexity index is 1070. The second-order valence-electron chi connectivity index (χ2n) is 8.80. The third-order valence-electron chi connectivity index (χ3n) is 6.52. The first kappa shape index (κ1) is 22.9. The third kappa shape index (κ3) is 5.57. The smallest absolute Gasteiger partial charge is 0.271 e. The van der Waals surface area contributed by atoms with Crippen molar-refractivity contribution < 1.29 is 17.5 Å². The molecule has 1 aliphatic carbocycles. The molecule has 0 amide bonds. The zero-order chi connectivity index (χ0) is 22.7. The van der Waals surface area contributed by atoms with E-state index < -0.39 is 27.4 Å². The molecule has 1 aromatic heterocycles. The number of benzene rings is 1. The van der Waals surface area contributed by atoms with Gasteiger partial charge in [0.1, 0.15) is 11.5 Å². The number of H-pyrrole nitrogens is 1. The van der Waals surface area contributed by atoms with E-state index >= 15 is 0 Å². The van der Waals surface area contributed by atoms with Crippen LogP contribution in [0.1, 0.15) is 43.6 Å². The van der Waals surface area contributed by atoms with Crippen LogP contribution in [-0.2, 0) is 14.8 Å². The summed E-state index contributed by atoms with van der Waals surface area (Å²) in [5, 5.41) is 0. The Morgan fingerprint density at radius 1 is 1.16 bits per heavy atom. The highest BCUT2D eigenvalue weighted by molar-refractivity contribution is 7.88. The number of aromatic nitrogens is 1. The number of anilines is 1. The molecule has 4 rings (SSSR count). The lowest BCUT2D eigenvalue weighted by Gasteiger charge is -2.33. The zero-order valence-corrected chi connectivity index (χ0v) is 19.0. The second-order valence-corrected chi connectivity index (χ2v) is 10.6. The number of pyridine rings is 1. The highest BCUT2D eigenvalue weighted by Gasteiger charge is 2.38. The molecule has 1 aromatic carbocycles. The van der Waals surface area contributed by atoms with Crippen molar-refractivity contribution in [3.8, 4) is 0 Å². The first-order valence-electron chi connectivity index (χ1n) is 11.1. The van der Waals surface area contributed by atoms with Crippen molar-refractivity contribution in [3.05, 3.63) is 64.3 Å². The van der Waals surface area contributed by atoms with Gasteiger partial charge < -0.3 is 14.6 Å². The molecule has 1 saturated carbocycles. The van der Waals surface area contributed by atoms with Crippen LogP contribution in [0.4, 0.5) is 10.1 Å². The van der Waals surface area contributed by atoms with Gasteiger partial charge in [0.2, 0.25) is 10.0 Å². The molecule has 0 bridgehead atoms. The standard InChI is InChI=1S/C23H30FN3O4S/c1-32(29,30)26-20-11-12-27(21-13-18(24)14-25-23(21)28)22(20)15-31-19-9-7-17(8-10-19)16-5-3-2-4-6-16/h2-6,13-14,17,19-20,22,26H,7-12,15H2,1H3,(H,25,28)/t17?,19?,20-,22-/m0/s1. The molecule has 2 aromatic rings. The summed E-state index contributed by atoms with van der Waals surface area (Å²) in [4.78, 5) is 16.5. The maximum absolute atomic E-state index is 13.8. The van der Waals surface area contributed by atoms with Gasteiger partial charge in [-0.2, -0.15) is 0 Å². The number of halogens is 1. The molecule has 32 heavy (non-hydrogen) atoms. The van der Waals surface area contributed by atoms with Gasteiger partial charge in [-0.25, -0.2) is 17.5 Å². The summed E-state index contributed by atoms with van der Waals surface area (Å²) in [6.45, 7) is 0.707. The molecular weight excluding hydrogens is 433 g/mol. The minimum atomic E-state index is -3.44. The Hall–Kier alpha value is -2.23. The predicted molar refractivity (Wildman–Crippen MR) is 122 cm³/mol. The van der Waals surface area contributed by atoms with Crippen molar-refractivity contribution in [2.75, 3.05) is 24.3 Å². The molecule has 7 nitrogen and oxygen atoms in total. The number of rotatable bonds is 7. The normalized spacial score (nSPS) is 26.4. The Balaban J connectivity index is 1.43. The first-order chi connectivity index (χ1) is 15.3. The monoisotopic (exact) mass is 463 g/mol. The predicted octanol–water partition coefficient (Wildman–Crippen LogP) is 2.75. The SMILES string of the molecule is CS(=O)(=O)N[C@H]1CCN(c2cc(F)c[nH]c2=O)[C@H]1COC1CCC(c2ccccc2)CC1. The van der Waals surface area contributed by atoms with Gasteiger partial charge in [0.25, 0.3) is 5.56 Å². The molecule has 0 radical (unpaired) electrons. The van der Waals surface area contributed by atoms with Gasteiger partial charge in [0.15, 0.2) is 0 Å². The molecule has 1 aliphatic heterocycles. The van der Waals surface area contributed by atoms with Crippen LogP contribution in [0.2, 0.25) is 0 Å². The quantitative estimate of drug-likeness (QED) is 0.659. The number of nitrogens with one attached hydrogen (secondary N) is 2. The Morgan fingerprint density at radius 2 is 1.88 bits per heavy atom. The fraction of sp³-hybridized carbons (Fsp3) is 0.522. The van der Waals surface area contributed by atoms with Crippen LogP contribution < -0.4 is 15.2 Å². The molecule has 2 atom stereocenters. The van der Waals surface area contributed by atoms with Crippen molar-refractivity contribution in [1.82, 2.24) is 9.71 Å². The van der Waals surface area contributed by atoms with Gasteiger partial charge in [-0.05, 0) is 43.6 Å². The van der Waals surface area contributed by atoms with E-state index in [1.165, 1.54) is 11.6 Å². The van der Waals surface area contributed by atoms with Crippen LogP contribution in [0.5, 0.6) is 0 Å². The van der Waals surface area contributed by atoms with E-state index in [-0.39, 0.29) is 24.4 Å². The van der Waals surface area contributed by atoms with Crippen LogP contribution in [0, 0.1) is 5.82 Å². The molecule has 2 heterocycles. The van der Waals surface area contributed by atoms with E-state index in [0.29, 0.717) is 18.9 Å². The molecule has 174 valence electrons. The summed E-state index contributed by atoms with van der Waals surface area (Å²) in [6, 6.07) is 10.9. The molecule has 2 fully saturated rings. The van der Waals surface area contributed by atoms with Crippen LogP contribution >= 0.6 is 0 Å². The fourth-order valence-corrected chi connectivity index (χ4v) is 5.78. The maximum Gasteiger partial charge on any atom is 0.271 e. The van der Waals surface area contributed by atoms with Crippen molar-refractivity contribution in [2.24, 2.45) is 0 Å². The van der Waals surface area contributed by atoms with Crippen LogP contribution in [0.15, 0.2) is 47.4 Å². The van der Waals surface area contributed by atoms with Gasteiger partial charge in [0, 0.05) is 24.8 Å². The third-order valence-corrected chi connectivity index (χ3v) is 7.25. The molecule has 9 heteroatoms. The Morgan fingerprint density at radius 3 is 2.56 bits per heavy atom. The molecule has 2 N–H and O–H groups in total. The van der Waals surface area contributed by atoms with E-state index in [1.54, 1.807) is 4.90 Å². The number of nitrogens with zero attached hydrogens (tertiary/aromatic N) is 1. The van der Waals surface area contributed by atoms with Gasteiger partial charge in [-0.1, -0.05) is 30.3 Å². The average molecular weight is 464 g/mol. The van der Waals surface area contributed by atoms with Crippen LogP contribution in [-0.4, -0.2) is 51.0 Å². The van der Waals surface area contributed by atoms with E-state index in [2.05, 4.69) is 34.0 Å². The topological polar surface area (TPSA) is 91.5 Å². The van der Waals surface area contributed by atoms with Gasteiger partial charge in [0.05, 0.1) is 25.0 Å². The molecular formula is C23H30FN3O4S. The van der Waals surface area contributed by atoms with E-state index in [4.69, 9.17) is 4.74 Å². The molecule has 2 aliphatic rings. The lowest BCUT2D eigenvalue weighted by atomic mass is 9.83. The van der Waals surface area contributed by atoms with E-state index in [1.807, 2.05) is 6.07 Å². The Labute approximate surface area is 188 Å². The number of hydrogen-bond donors (Lipinski definition) is 2. The highest BCUT2D eigenvalue weighted by atomic mass is 32.2. The second kappa shape index (κ2) is 9.72. The van der Waals surface area contributed by atoms with E-state index in [9.17, 15) is 17.6 Å². The van der Waals surface area contributed by atoms with Crippen LogP contribution in [0.3, 0.4) is 0 Å². The summed E-state index contributed by atoms with van der Waals surface area (Å²) in [5.41, 5.74) is 1.15. The van der Waals surface area contributed by atoms with Gasteiger partial charge >= 0.3 is 0 Å². The van der Waals surface area contributed by atoms with Gasteiger partial charge in [-0.15, -0.1) is 0 Å². The lowest BCUT2D eigenvalue weighted by molar-refractivity contribution is 0.0156. The average Bonchev–Trinajstić information content (AvgIpc) is 3.15. The minimum absolute atomic E-state index is 0.0853. The molecule has 0 unspecified atom stereocenters. The van der Waals surface area contributed by atoms with Crippen molar-refractivity contribution in [2.45, 2.75) is 56.2 Å². The summed E-state index contributed by atoms with van der Waals surface area (Å²) < 4.78 is 46.5. The number of sulfonamides is 1. The number of hydrogen-bond acceptors (Lipinski definition) is 5. The summed E-state index contributed by atoms with van der Waals surface area (Å²) in [6.07, 6.45) is 6.67. The molecule has 1 saturated heterocycles. The summed E-state index contributed by atoms with van der Waals surface area (Å²) >= 11 is 0. The fourth-order valence-electron chi connectivity index (χ4n) is 4.95. The Kier molecular flexibility index (Phi) is 6.97.